The van der Waals surface area contributed by atoms with E-state index in [1.54, 1.807) is 0 Å². The van der Waals surface area contributed by atoms with Crippen molar-refractivity contribution in [2.24, 2.45) is 5.41 Å². The number of carbonyl (C=O) groups excluding carboxylic acids is 1. The van der Waals surface area contributed by atoms with E-state index in [0.717, 1.165) is 11.4 Å². The van der Waals surface area contributed by atoms with Crippen LogP contribution in [0.2, 0.25) is 0 Å². The third-order valence-corrected chi connectivity index (χ3v) is 3.44. The van der Waals surface area contributed by atoms with Gasteiger partial charge in [-0.2, -0.15) is 0 Å². The molecule has 0 saturated heterocycles. The van der Waals surface area contributed by atoms with Crippen molar-refractivity contribution in [1.82, 2.24) is 0 Å². The summed E-state index contributed by atoms with van der Waals surface area (Å²) in [7, 11) is 0. The highest BCUT2D eigenvalue weighted by atomic mass is 16.2. The Kier molecular flexibility index (Phi) is 2.88. The first-order chi connectivity index (χ1) is 8.22. The van der Waals surface area contributed by atoms with E-state index >= 15 is 0 Å². The van der Waals surface area contributed by atoms with Crippen LogP contribution < -0.4 is 10.6 Å². The highest BCUT2D eigenvalue weighted by Gasteiger charge is 2.32. The summed E-state index contributed by atoms with van der Waals surface area (Å²) >= 11 is 0. The molecule has 0 radical (unpaired) electrons. The van der Waals surface area contributed by atoms with Crippen molar-refractivity contribution < 1.29 is 4.79 Å². The van der Waals surface area contributed by atoms with Gasteiger partial charge < -0.3 is 10.6 Å². The van der Waals surface area contributed by atoms with E-state index in [9.17, 15) is 4.79 Å². The van der Waals surface area contributed by atoms with E-state index in [2.05, 4.69) is 37.5 Å². The number of fused-ring (bicyclic) bond motifs is 1. The zero-order valence-corrected chi connectivity index (χ0v) is 11.8. The lowest BCUT2D eigenvalue weighted by Crippen LogP contribution is -2.34. The molecule has 0 unspecified atom stereocenters. The van der Waals surface area contributed by atoms with Crippen molar-refractivity contribution in [3.8, 4) is 0 Å². The van der Waals surface area contributed by atoms with Gasteiger partial charge >= 0.3 is 0 Å². The highest BCUT2D eigenvalue weighted by molar-refractivity contribution is 6.00. The molecule has 3 nitrogen and oxygen atoms in total. The fourth-order valence-electron chi connectivity index (χ4n) is 2.15. The van der Waals surface area contributed by atoms with Gasteiger partial charge in [0.1, 0.15) is 0 Å². The van der Waals surface area contributed by atoms with E-state index in [1.807, 2.05) is 26.0 Å². The number of hydrogen-bond acceptors (Lipinski definition) is 2. The van der Waals surface area contributed by atoms with E-state index < -0.39 is 5.41 Å². The van der Waals surface area contributed by atoms with Crippen LogP contribution in [-0.2, 0) is 10.2 Å². The molecule has 18 heavy (non-hydrogen) atoms. The van der Waals surface area contributed by atoms with Gasteiger partial charge in [0.05, 0.1) is 16.8 Å². The zero-order chi connectivity index (χ0) is 13.6. The van der Waals surface area contributed by atoms with Gasteiger partial charge in [-0.1, -0.05) is 32.9 Å². The van der Waals surface area contributed by atoms with Crippen molar-refractivity contribution in [2.45, 2.75) is 40.0 Å². The average Bonchev–Trinajstić information content (AvgIpc) is 2.35. The number of rotatable bonds is 0. The van der Waals surface area contributed by atoms with Crippen molar-refractivity contribution in [3.63, 3.8) is 0 Å². The van der Waals surface area contributed by atoms with Crippen LogP contribution in [0.1, 0.15) is 40.2 Å². The van der Waals surface area contributed by atoms with Gasteiger partial charge in [0, 0.05) is 6.54 Å². The third kappa shape index (κ3) is 2.22. The summed E-state index contributed by atoms with van der Waals surface area (Å²) in [5.74, 6) is 0.0693. The van der Waals surface area contributed by atoms with Gasteiger partial charge in [0.25, 0.3) is 0 Å². The van der Waals surface area contributed by atoms with Gasteiger partial charge in [-0.05, 0) is 30.9 Å². The number of carbonyl (C=O) groups is 1. The molecule has 1 heterocycles. The second-order valence-electron chi connectivity index (χ2n) is 6.67. The standard InChI is InChI=1S/C15H22N2O/c1-14(2,3)10-7-6-8-11-12(10)16-9-15(4,5)13(18)17-11/h6-8,16H,9H2,1-5H3,(H,17,18). The summed E-state index contributed by atoms with van der Waals surface area (Å²) in [5.41, 5.74) is 2.84. The molecule has 1 aromatic rings. The summed E-state index contributed by atoms with van der Waals surface area (Å²) in [6.07, 6.45) is 0. The molecule has 1 aliphatic heterocycles. The molecule has 0 aliphatic carbocycles. The van der Waals surface area contributed by atoms with Crippen LogP contribution in [0.3, 0.4) is 0 Å². The Morgan fingerprint density at radius 2 is 1.89 bits per heavy atom. The van der Waals surface area contributed by atoms with Crippen LogP contribution >= 0.6 is 0 Å². The molecule has 1 aromatic carbocycles. The number of para-hydroxylation sites is 1. The highest BCUT2D eigenvalue weighted by Crippen LogP contribution is 2.38. The Bertz CT molecular complexity index is 484. The number of nitrogens with one attached hydrogen (secondary N) is 2. The van der Waals surface area contributed by atoms with Gasteiger partial charge in [-0.15, -0.1) is 0 Å². The fraction of sp³-hybridized carbons (Fsp3) is 0.533. The number of amides is 1. The maximum absolute atomic E-state index is 12.1. The van der Waals surface area contributed by atoms with Crippen LogP contribution in [0.15, 0.2) is 18.2 Å². The zero-order valence-electron chi connectivity index (χ0n) is 11.8. The summed E-state index contributed by atoms with van der Waals surface area (Å²) in [4.78, 5) is 12.1. The lowest BCUT2D eigenvalue weighted by Gasteiger charge is -2.25. The summed E-state index contributed by atoms with van der Waals surface area (Å²) in [6, 6.07) is 6.08. The minimum atomic E-state index is -0.395. The molecule has 0 saturated carbocycles. The molecular formula is C15H22N2O. The fourth-order valence-corrected chi connectivity index (χ4v) is 2.15. The number of hydrogen-bond donors (Lipinski definition) is 2. The first kappa shape index (κ1) is 12.9. The molecule has 0 atom stereocenters. The molecule has 0 fully saturated rings. The van der Waals surface area contributed by atoms with Gasteiger partial charge in [-0.25, -0.2) is 0 Å². The Balaban J connectivity index is 2.51. The number of benzene rings is 1. The maximum Gasteiger partial charge on any atom is 0.231 e. The summed E-state index contributed by atoms with van der Waals surface area (Å²) in [5, 5.41) is 6.46. The van der Waals surface area contributed by atoms with E-state index in [4.69, 9.17) is 0 Å². The van der Waals surface area contributed by atoms with Crippen molar-refractivity contribution in [1.29, 1.82) is 0 Å². The minimum Gasteiger partial charge on any atom is -0.382 e. The third-order valence-electron chi connectivity index (χ3n) is 3.44. The molecule has 1 amide bonds. The van der Waals surface area contributed by atoms with Crippen LogP contribution in [0.25, 0.3) is 0 Å². The van der Waals surface area contributed by atoms with Crippen LogP contribution in [0, 0.1) is 5.41 Å². The smallest absolute Gasteiger partial charge is 0.231 e. The first-order valence-electron chi connectivity index (χ1n) is 6.41. The molecular weight excluding hydrogens is 224 g/mol. The monoisotopic (exact) mass is 246 g/mol. The Hall–Kier alpha value is -1.51. The lowest BCUT2D eigenvalue weighted by molar-refractivity contribution is -0.123. The molecule has 98 valence electrons. The summed E-state index contributed by atoms with van der Waals surface area (Å²) in [6.45, 7) is 11.1. The van der Waals surface area contributed by atoms with Gasteiger partial charge in [-0.3, -0.25) is 4.79 Å². The van der Waals surface area contributed by atoms with Crippen molar-refractivity contribution in [3.05, 3.63) is 23.8 Å². The first-order valence-corrected chi connectivity index (χ1v) is 6.41. The van der Waals surface area contributed by atoms with E-state index in [-0.39, 0.29) is 11.3 Å². The van der Waals surface area contributed by atoms with E-state index in [0.29, 0.717) is 6.54 Å². The lowest BCUT2D eigenvalue weighted by atomic mass is 9.85. The molecule has 0 bridgehead atoms. The second-order valence-corrected chi connectivity index (χ2v) is 6.67. The molecule has 2 rings (SSSR count). The normalized spacial score (nSPS) is 18.4. The Morgan fingerprint density at radius 1 is 1.22 bits per heavy atom. The molecule has 0 aromatic heterocycles. The number of anilines is 2. The van der Waals surface area contributed by atoms with Gasteiger partial charge in [0.15, 0.2) is 0 Å². The quantitative estimate of drug-likeness (QED) is 0.737. The molecule has 3 heteroatoms. The topological polar surface area (TPSA) is 41.1 Å². The van der Waals surface area contributed by atoms with Gasteiger partial charge in [0.2, 0.25) is 5.91 Å². The minimum absolute atomic E-state index is 0.0531. The van der Waals surface area contributed by atoms with Crippen molar-refractivity contribution >= 4 is 17.3 Å². The van der Waals surface area contributed by atoms with Crippen LogP contribution in [0.4, 0.5) is 11.4 Å². The second kappa shape index (κ2) is 4.01. The average molecular weight is 246 g/mol. The molecule has 1 aliphatic rings. The Morgan fingerprint density at radius 3 is 2.50 bits per heavy atom. The Labute approximate surface area is 109 Å². The molecule has 2 N–H and O–H groups in total. The maximum atomic E-state index is 12.1. The summed E-state index contributed by atoms with van der Waals surface area (Å²) < 4.78 is 0. The predicted octanol–water partition coefficient (Wildman–Crippen LogP) is 3.37. The van der Waals surface area contributed by atoms with E-state index in [1.165, 1.54) is 5.56 Å². The molecule has 0 spiro atoms. The predicted molar refractivity (Wildman–Crippen MR) is 76.0 cm³/mol. The van der Waals surface area contributed by atoms with Crippen LogP contribution in [-0.4, -0.2) is 12.5 Å². The largest absolute Gasteiger partial charge is 0.382 e. The van der Waals surface area contributed by atoms with Crippen LogP contribution in [0.5, 0.6) is 0 Å². The van der Waals surface area contributed by atoms with Crippen molar-refractivity contribution in [2.75, 3.05) is 17.2 Å². The SMILES string of the molecule is CC1(C)CNc2c(cccc2C(C)(C)C)NC1=O.